The third-order valence-corrected chi connectivity index (χ3v) is 4.20. The van der Waals surface area contributed by atoms with Crippen molar-refractivity contribution >= 4 is 28.2 Å². The summed E-state index contributed by atoms with van der Waals surface area (Å²) in [6.07, 6.45) is 0. The van der Waals surface area contributed by atoms with Gasteiger partial charge in [-0.25, -0.2) is 9.37 Å². The van der Waals surface area contributed by atoms with Gasteiger partial charge in [-0.2, -0.15) is 0 Å². The van der Waals surface area contributed by atoms with E-state index in [0.29, 0.717) is 21.1 Å². The highest BCUT2D eigenvalue weighted by atomic mass is 32.1. The molecule has 0 aliphatic rings. The third kappa shape index (κ3) is 3.30. The molecule has 1 aromatic heterocycles. The Bertz CT molecular complexity index is 671. The Balaban J connectivity index is 2.14. The first kappa shape index (κ1) is 15.2. The highest BCUT2D eigenvalue weighted by Gasteiger charge is 2.18. The predicted molar refractivity (Wildman–Crippen MR) is 83.1 cm³/mol. The summed E-state index contributed by atoms with van der Waals surface area (Å²) in [4.78, 5) is 16.6. The predicted octanol–water partition coefficient (Wildman–Crippen LogP) is 2.71. The van der Waals surface area contributed by atoms with Gasteiger partial charge in [0.05, 0.1) is 6.04 Å². The number of aryl methyl sites for hydroxylation is 1. The Morgan fingerprint density at radius 1 is 1.48 bits per heavy atom. The first-order chi connectivity index (χ1) is 9.92. The van der Waals surface area contributed by atoms with Crippen LogP contribution in [0.1, 0.15) is 33.8 Å². The van der Waals surface area contributed by atoms with Gasteiger partial charge in [0.1, 0.15) is 16.5 Å². The normalized spacial score (nSPS) is 12.0. The number of halogens is 1. The van der Waals surface area contributed by atoms with Gasteiger partial charge in [-0.3, -0.25) is 4.79 Å². The molecule has 2 aromatic rings. The van der Waals surface area contributed by atoms with Gasteiger partial charge in [-0.15, -0.1) is 0 Å². The molecule has 21 heavy (non-hydrogen) atoms. The van der Waals surface area contributed by atoms with E-state index in [1.807, 2.05) is 0 Å². The second-order valence-corrected chi connectivity index (χ2v) is 5.69. The lowest BCUT2D eigenvalue weighted by Gasteiger charge is -2.14. The maximum Gasteiger partial charge on any atom is 0.265 e. The minimum Gasteiger partial charge on any atom is -0.382 e. The molecular weight excluding hydrogens is 291 g/mol. The van der Waals surface area contributed by atoms with E-state index >= 15 is 0 Å². The number of hydrogen-bond donors (Lipinski definition) is 3. The Labute approximate surface area is 126 Å². The molecule has 0 aliphatic carbocycles. The van der Waals surface area contributed by atoms with Crippen molar-refractivity contribution in [3.05, 3.63) is 40.0 Å². The minimum atomic E-state index is -0.327. The fourth-order valence-corrected chi connectivity index (χ4v) is 2.57. The van der Waals surface area contributed by atoms with E-state index in [2.05, 4.69) is 15.6 Å². The third-order valence-electron chi connectivity index (χ3n) is 3.12. The summed E-state index contributed by atoms with van der Waals surface area (Å²) >= 11 is 1.18. The van der Waals surface area contributed by atoms with Crippen molar-refractivity contribution < 1.29 is 9.18 Å². The number of hydrogen-bond acceptors (Lipinski definition) is 5. The molecule has 112 valence electrons. The zero-order valence-electron chi connectivity index (χ0n) is 12.0. The van der Waals surface area contributed by atoms with Crippen molar-refractivity contribution in [3.8, 4) is 0 Å². The van der Waals surface area contributed by atoms with Crippen molar-refractivity contribution in [2.75, 3.05) is 18.1 Å². The second-order valence-electron chi connectivity index (χ2n) is 4.69. The van der Waals surface area contributed by atoms with Gasteiger partial charge in [0, 0.05) is 7.05 Å². The molecule has 0 bridgehead atoms. The van der Waals surface area contributed by atoms with Crippen molar-refractivity contribution in [2.45, 2.75) is 19.9 Å². The van der Waals surface area contributed by atoms with Crippen LogP contribution >= 0.6 is 11.3 Å². The summed E-state index contributed by atoms with van der Waals surface area (Å²) in [7, 11) is 1.71. The molecule has 0 aliphatic heterocycles. The number of amides is 1. The van der Waals surface area contributed by atoms with Gasteiger partial charge in [0.2, 0.25) is 0 Å². The Morgan fingerprint density at radius 2 is 2.19 bits per heavy atom. The van der Waals surface area contributed by atoms with Crippen LogP contribution in [0, 0.1) is 12.7 Å². The first-order valence-electron chi connectivity index (χ1n) is 6.43. The topological polar surface area (TPSA) is 80.0 Å². The first-order valence-corrected chi connectivity index (χ1v) is 7.25. The lowest BCUT2D eigenvalue weighted by molar-refractivity contribution is 0.0944. The van der Waals surface area contributed by atoms with E-state index in [1.165, 1.54) is 17.4 Å². The van der Waals surface area contributed by atoms with Gasteiger partial charge < -0.3 is 16.4 Å². The van der Waals surface area contributed by atoms with Gasteiger partial charge in [-0.05, 0) is 31.0 Å². The summed E-state index contributed by atoms with van der Waals surface area (Å²) in [6.45, 7) is 3.48. The number of rotatable bonds is 4. The van der Waals surface area contributed by atoms with Crippen LogP contribution in [-0.2, 0) is 0 Å². The fourth-order valence-electron chi connectivity index (χ4n) is 1.83. The van der Waals surface area contributed by atoms with Crippen molar-refractivity contribution in [3.63, 3.8) is 0 Å². The van der Waals surface area contributed by atoms with E-state index in [-0.39, 0.29) is 23.6 Å². The quantitative estimate of drug-likeness (QED) is 0.811. The van der Waals surface area contributed by atoms with E-state index in [0.717, 1.165) is 0 Å². The molecule has 0 saturated heterocycles. The van der Waals surface area contributed by atoms with Gasteiger partial charge in [0.25, 0.3) is 5.91 Å². The summed E-state index contributed by atoms with van der Waals surface area (Å²) in [5.74, 6) is -0.424. The average Bonchev–Trinajstić information content (AvgIpc) is 2.83. The molecule has 5 nitrogen and oxygen atoms in total. The van der Waals surface area contributed by atoms with Crippen LogP contribution < -0.4 is 16.4 Å². The zero-order valence-corrected chi connectivity index (χ0v) is 12.8. The molecule has 0 fully saturated rings. The van der Waals surface area contributed by atoms with Crippen molar-refractivity contribution in [1.82, 2.24) is 10.3 Å². The van der Waals surface area contributed by atoms with Crippen LogP contribution in [-0.4, -0.2) is 17.9 Å². The standard InChI is InChI=1S/C14H17FN4OS/c1-7-4-5-9(6-10(7)15)8(2)18-13(20)11-12(16)19-14(17-3)21-11/h4-6,8H,16H2,1-3H3,(H,17,19)(H,18,20). The maximum atomic E-state index is 13.6. The fraction of sp³-hybridized carbons (Fsp3) is 0.286. The van der Waals surface area contributed by atoms with E-state index in [4.69, 9.17) is 5.73 Å². The monoisotopic (exact) mass is 308 g/mol. The van der Waals surface area contributed by atoms with Crippen LogP contribution in [0.3, 0.4) is 0 Å². The molecule has 7 heteroatoms. The summed E-state index contributed by atoms with van der Waals surface area (Å²) < 4.78 is 13.6. The van der Waals surface area contributed by atoms with E-state index in [1.54, 1.807) is 33.0 Å². The number of benzene rings is 1. The number of nitrogen functional groups attached to an aromatic ring is 1. The Hall–Kier alpha value is -2.15. The van der Waals surface area contributed by atoms with E-state index < -0.39 is 0 Å². The van der Waals surface area contributed by atoms with Crippen LogP contribution in [0.2, 0.25) is 0 Å². The Kier molecular flexibility index (Phi) is 4.42. The number of carbonyl (C=O) groups excluding carboxylic acids is 1. The number of carbonyl (C=O) groups is 1. The number of thiazole rings is 1. The number of nitrogens with zero attached hydrogens (tertiary/aromatic N) is 1. The smallest absolute Gasteiger partial charge is 0.265 e. The molecule has 1 atom stereocenters. The lowest BCUT2D eigenvalue weighted by Crippen LogP contribution is -2.26. The van der Waals surface area contributed by atoms with Gasteiger partial charge >= 0.3 is 0 Å². The summed E-state index contributed by atoms with van der Waals surface area (Å²) in [5, 5.41) is 6.21. The SMILES string of the molecule is CNc1nc(N)c(C(=O)NC(C)c2ccc(C)c(F)c2)s1. The number of aromatic nitrogens is 1. The van der Waals surface area contributed by atoms with E-state index in [9.17, 15) is 9.18 Å². The molecule has 2 rings (SSSR count). The average molecular weight is 308 g/mol. The summed E-state index contributed by atoms with van der Waals surface area (Å²) in [5.41, 5.74) is 6.98. The number of nitrogens with one attached hydrogen (secondary N) is 2. The largest absolute Gasteiger partial charge is 0.382 e. The molecule has 4 N–H and O–H groups in total. The molecule has 0 radical (unpaired) electrons. The summed E-state index contributed by atoms with van der Waals surface area (Å²) in [6, 6.07) is 4.58. The Morgan fingerprint density at radius 3 is 2.76 bits per heavy atom. The molecule has 1 heterocycles. The zero-order chi connectivity index (χ0) is 15.6. The van der Waals surface area contributed by atoms with Crippen LogP contribution in [0.4, 0.5) is 15.3 Å². The molecule has 0 saturated carbocycles. The van der Waals surface area contributed by atoms with Crippen LogP contribution in [0.25, 0.3) is 0 Å². The molecular formula is C14H17FN4OS. The van der Waals surface area contributed by atoms with Crippen LogP contribution in [0.5, 0.6) is 0 Å². The molecule has 1 aromatic carbocycles. The highest BCUT2D eigenvalue weighted by molar-refractivity contribution is 7.18. The van der Waals surface area contributed by atoms with Crippen molar-refractivity contribution in [2.24, 2.45) is 0 Å². The second kappa shape index (κ2) is 6.09. The van der Waals surface area contributed by atoms with Crippen LogP contribution in [0.15, 0.2) is 18.2 Å². The minimum absolute atomic E-state index is 0.184. The number of anilines is 2. The lowest BCUT2D eigenvalue weighted by atomic mass is 10.1. The molecule has 1 amide bonds. The molecule has 0 spiro atoms. The van der Waals surface area contributed by atoms with Gasteiger partial charge in [-0.1, -0.05) is 23.5 Å². The van der Waals surface area contributed by atoms with Crippen molar-refractivity contribution in [1.29, 1.82) is 0 Å². The molecule has 1 unspecified atom stereocenters. The number of nitrogens with two attached hydrogens (primary N) is 1. The maximum absolute atomic E-state index is 13.6. The van der Waals surface area contributed by atoms with Gasteiger partial charge in [0.15, 0.2) is 5.13 Å². The highest BCUT2D eigenvalue weighted by Crippen LogP contribution is 2.25.